The van der Waals surface area contributed by atoms with Gasteiger partial charge in [-0.3, -0.25) is 4.90 Å². The van der Waals surface area contributed by atoms with Crippen LogP contribution in [-0.2, 0) is 6.54 Å². The molecule has 1 fully saturated rings. The summed E-state index contributed by atoms with van der Waals surface area (Å²) in [7, 11) is 4.23. The van der Waals surface area contributed by atoms with Gasteiger partial charge in [-0.2, -0.15) is 4.98 Å². The van der Waals surface area contributed by atoms with Gasteiger partial charge in [0.2, 0.25) is 11.8 Å². The first-order valence-electron chi connectivity index (χ1n) is 12.9. The molecule has 0 radical (unpaired) electrons. The zero-order valence-electron chi connectivity index (χ0n) is 22.2. The number of aromatic hydroxyl groups is 1. The van der Waals surface area contributed by atoms with E-state index in [4.69, 9.17) is 21.6 Å². The Bertz CT molecular complexity index is 1420. The molecule has 0 aliphatic carbocycles. The number of pyridine rings is 1. The minimum absolute atomic E-state index is 0.0493. The third kappa shape index (κ3) is 6.15. The van der Waals surface area contributed by atoms with Crippen molar-refractivity contribution in [2.45, 2.75) is 13.5 Å². The molecular formula is C29H34ClN7O. The molecule has 4 aromatic rings. The summed E-state index contributed by atoms with van der Waals surface area (Å²) in [6.07, 6.45) is 1.69. The van der Waals surface area contributed by atoms with Gasteiger partial charge < -0.3 is 20.2 Å². The highest BCUT2D eigenvalue weighted by Crippen LogP contribution is 2.31. The number of hydrogen-bond acceptors (Lipinski definition) is 8. The summed E-state index contributed by atoms with van der Waals surface area (Å²) in [5.74, 6) is 1.58. The zero-order chi connectivity index (χ0) is 26.6. The van der Waals surface area contributed by atoms with Crippen LogP contribution in [0.2, 0.25) is 5.02 Å². The molecule has 2 N–H and O–H groups in total. The lowest BCUT2D eigenvalue weighted by molar-refractivity contribution is 0.229. The third-order valence-corrected chi connectivity index (χ3v) is 7.17. The number of anilines is 2. The molecule has 38 heavy (non-hydrogen) atoms. The van der Waals surface area contributed by atoms with E-state index >= 15 is 0 Å². The highest BCUT2D eigenvalue weighted by Gasteiger charge is 2.21. The minimum atomic E-state index is 0.0493. The van der Waals surface area contributed by atoms with Crippen LogP contribution in [-0.4, -0.2) is 83.2 Å². The smallest absolute Gasteiger partial charge is 0.227 e. The number of halogens is 1. The van der Waals surface area contributed by atoms with Crippen LogP contribution < -0.4 is 10.2 Å². The second-order valence-electron chi connectivity index (χ2n) is 10.1. The number of likely N-dealkylation sites (N-methyl/N-ethyl adjacent to an activating group) is 1. The Kier molecular flexibility index (Phi) is 7.93. The molecule has 198 valence electrons. The summed E-state index contributed by atoms with van der Waals surface area (Å²) in [5, 5.41) is 15.1. The van der Waals surface area contributed by atoms with Gasteiger partial charge in [-0.05, 0) is 62.5 Å². The molecule has 0 spiro atoms. The van der Waals surface area contributed by atoms with Crippen molar-refractivity contribution in [2.24, 2.45) is 0 Å². The molecule has 1 aliphatic heterocycles. The van der Waals surface area contributed by atoms with Crippen molar-refractivity contribution < 1.29 is 5.11 Å². The lowest BCUT2D eigenvalue weighted by atomic mass is 10.0. The van der Waals surface area contributed by atoms with E-state index in [2.05, 4.69) is 45.2 Å². The Balaban J connectivity index is 1.45. The predicted octanol–water partition coefficient (Wildman–Crippen LogP) is 4.65. The van der Waals surface area contributed by atoms with Gasteiger partial charge in [0.25, 0.3) is 0 Å². The predicted molar refractivity (Wildman–Crippen MR) is 155 cm³/mol. The summed E-state index contributed by atoms with van der Waals surface area (Å²) in [5.41, 5.74) is 4.62. The van der Waals surface area contributed by atoms with Crippen molar-refractivity contribution in [1.82, 2.24) is 24.8 Å². The van der Waals surface area contributed by atoms with Crippen LogP contribution in [0.25, 0.3) is 22.0 Å². The van der Waals surface area contributed by atoms with E-state index in [1.165, 1.54) is 0 Å². The van der Waals surface area contributed by atoms with E-state index < -0.39 is 0 Å². The Morgan fingerprint density at radius 1 is 1.00 bits per heavy atom. The highest BCUT2D eigenvalue weighted by atomic mass is 35.5. The van der Waals surface area contributed by atoms with Crippen LogP contribution in [0.4, 0.5) is 11.8 Å². The number of aryl methyl sites for hydroxylation is 1. The van der Waals surface area contributed by atoms with Gasteiger partial charge in [-0.1, -0.05) is 29.8 Å². The van der Waals surface area contributed by atoms with Crippen molar-refractivity contribution in [3.8, 4) is 17.0 Å². The van der Waals surface area contributed by atoms with Gasteiger partial charge in [-0.25, -0.2) is 9.97 Å². The van der Waals surface area contributed by atoms with E-state index in [1.54, 1.807) is 6.20 Å². The number of aromatic nitrogens is 3. The quantitative estimate of drug-likeness (QED) is 0.340. The topological polar surface area (TPSA) is 80.7 Å². The standard InChI is InChI=1S/C29H34ClN7O/c1-20-15-23(19-32-28(20)38)22-7-8-26-25(17-22)27(31-18-21-5-4-6-24(30)16-21)34-29(33-26)37-13-11-36(12-14-37)10-9-35(2)3/h4-8,15-17,19H,9-14,18H2,1-3H3,(H,32,38)(H,31,33,34). The van der Waals surface area contributed by atoms with E-state index in [1.807, 2.05) is 49.4 Å². The first-order chi connectivity index (χ1) is 18.4. The number of nitrogens with zero attached hydrogens (tertiary/aromatic N) is 6. The van der Waals surface area contributed by atoms with E-state index in [0.717, 1.165) is 84.2 Å². The minimum Gasteiger partial charge on any atom is -0.493 e. The van der Waals surface area contributed by atoms with Gasteiger partial charge >= 0.3 is 0 Å². The van der Waals surface area contributed by atoms with Crippen LogP contribution in [0.15, 0.2) is 54.7 Å². The van der Waals surface area contributed by atoms with Crippen molar-refractivity contribution in [3.63, 3.8) is 0 Å². The molecule has 3 heterocycles. The molecule has 2 aromatic heterocycles. The molecule has 8 nitrogen and oxygen atoms in total. The Morgan fingerprint density at radius 2 is 1.82 bits per heavy atom. The van der Waals surface area contributed by atoms with E-state index in [-0.39, 0.29) is 5.88 Å². The molecule has 0 atom stereocenters. The largest absolute Gasteiger partial charge is 0.493 e. The maximum atomic E-state index is 9.87. The number of benzene rings is 2. The summed E-state index contributed by atoms with van der Waals surface area (Å²) >= 11 is 6.22. The number of rotatable bonds is 8. The van der Waals surface area contributed by atoms with Gasteiger partial charge in [0.1, 0.15) is 5.82 Å². The van der Waals surface area contributed by atoms with Crippen LogP contribution >= 0.6 is 11.6 Å². The monoisotopic (exact) mass is 531 g/mol. The number of nitrogens with one attached hydrogen (secondary N) is 1. The molecule has 9 heteroatoms. The molecule has 1 saturated heterocycles. The molecular weight excluding hydrogens is 498 g/mol. The number of hydrogen-bond donors (Lipinski definition) is 2. The summed E-state index contributed by atoms with van der Waals surface area (Å²) in [4.78, 5) is 21.1. The maximum Gasteiger partial charge on any atom is 0.227 e. The average molecular weight is 532 g/mol. The first kappa shape index (κ1) is 26.2. The van der Waals surface area contributed by atoms with Gasteiger partial charge in [0.15, 0.2) is 0 Å². The average Bonchev–Trinajstić information content (AvgIpc) is 2.92. The molecule has 1 aliphatic rings. The van der Waals surface area contributed by atoms with E-state index in [9.17, 15) is 5.11 Å². The first-order valence-corrected chi connectivity index (χ1v) is 13.3. The van der Waals surface area contributed by atoms with Gasteiger partial charge in [0.05, 0.1) is 5.52 Å². The van der Waals surface area contributed by atoms with Crippen molar-refractivity contribution in [3.05, 3.63) is 70.9 Å². The molecule has 0 unspecified atom stereocenters. The Hall–Kier alpha value is -3.46. The van der Waals surface area contributed by atoms with Crippen LogP contribution in [0.5, 0.6) is 5.88 Å². The number of piperazine rings is 1. The molecule has 0 saturated carbocycles. The van der Waals surface area contributed by atoms with Crippen molar-refractivity contribution >= 4 is 34.3 Å². The van der Waals surface area contributed by atoms with Gasteiger partial charge in [0, 0.05) is 73.5 Å². The SMILES string of the molecule is Cc1cc(-c2ccc3nc(N4CCN(CCN(C)C)CC4)nc(NCc4cccc(Cl)c4)c3c2)cnc1O. The molecule has 5 rings (SSSR count). The Morgan fingerprint density at radius 3 is 2.55 bits per heavy atom. The van der Waals surface area contributed by atoms with E-state index in [0.29, 0.717) is 11.6 Å². The molecule has 2 aromatic carbocycles. The fraction of sp³-hybridized carbons (Fsp3) is 0.345. The van der Waals surface area contributed by atoms with Crippen LogP contribution in [0, 0.1) is 6.92 Å². The highest BCUT2D eigenvalue weighted by molar-refractivity contribution is 6.30. The van der Waals surface area contributed by atoms with Crippen LogP contribution in [0.3, 0.4) is 0 Å². The Labute approximate surface area is 228 Å². The summed E-state index contributed by atoms with van der Waals surface area (Å²) < 4.78 is 0. The summed E-state index contributed by atoms with van der Waals surface area (Å²) in [6, 6.07) is 16.0. The maximum absolute atomic E-state index is 9.87. The molecule has 0 bridgehead atoms. The van der Waals surface area contributed by atoms with Crippen molar-refractivity contribution in [2.75, 3.05) is 63.6 Å². The normalized spacial score (nSPS) is 14.4. The number of fused-ring (bicyclic) bond motifs is 1. The lowest BCUT2D eigenvalue weighted by Gasteiger charge is -2.35. The fourth-order valence-electron chi connectivity index (χ4n) is 4.64. The van der Waals surface area contributed by atoms with Gasteiger partial charge in [-0.15, -0.1) is 0 Å². The summed E-state index contributed by atoms with van der Waals surface area (Å²) in [6.45, 7) is 8.34. The van der Waals surface area contributed by atoms with Crippen molar-refractivity contribution in [1.29, 1.82) is 0 Å². The third-order valence-electron chi connectivity index (χ3n) is 6.94. The molecule has 0 amide bonds. The van der Waals surface area contributed by atoms with Crippen LogP contribution in [0.1, 0.15) is 11.1 Å². The zero-order valence-corrected chi connectivity index (χ0v) is 22.9. The second kappa shape index (κ2) is 11.5. The fourth-order valence-corrected chi connectivity index (χ4v) is 4.86. The lowest BCUT2D eigenvalue weighted by Crippen LogP contribution is -2.48. The second-order valence-corrected chi connectivity index (χ2v) is 10.5.